The highest BCUT2D eigenvalue weighted by Crippen LogP contribution is 2.09. The van der Waals surface area contributed by atoms with Gasteiger partial charge < -0.3 is 15.4 Å². The largest absolute Gasteiger partial charge is 0.457 e. The van der Waals surface area contributed by atoms with Crippen molar-refractivity contribution in [3.8, 4) is 0 Å². The van der Waals surface area contributed by atoms with Gasteiger partial charge in [-0.1, -0.05) is 24.3 Å². The minimum Gasteiger partial charge on any atom is -0.457 e. The van der Waals surface area contributed by atoms with E-state index in [0.29, 0.717) is 17.7 Å². The van der Waals surface area contributed by atoms with Gasteiger partial charge in [-0.25, -0.2) is 14.0 Å². The van der Waals surface area contributed by atoms with Crippen LogP contribution in [0.15, 0.2) is 48.5 Å². The van der Waals surface area contributed by atoms with Gasteiger partial charge in [0.1, 0.15) is 12.4 Å². The first-order chi connectivity index (χ1) is 11.9. The minimum absolute atomic E-state index is 0.00920. The van der Waals surface area contributed by atoms with Gasteiger partial charge in [-0.3, -0.25) is 0 Å². The van der Waals surface area contributed by atoms with Gasteiger partial charge in [-0.15, -0.1) is 0 Å². The second-order valence-corrected chi connectivity index (χ2v) is 5.88. The Balaban J connectivity index is 1.84. The summed E-state index contributed by atoms with van der Waals surface area (Å²) < 4.78 is 18.2. The monoisotopic (exact) mass is 344 g/mol. The average Bonchev–Trinajstić information content (AvgIpc) is 2.58. The summed E-state index contributed by atoms with van der Waals surface area (Å²) in [5.74, 6) is -0.853. The molecule has 0 atom stereocenters. The molecule has 2 aromatic rings. The summed E-state index contributed by atoms with van der Waals surface area (Å²) in [7, 11) is 0. The van der Waals surface area contributed by atoms with Crippen LogP contribution in [0.4, 0.5) is 9.18 Å². The Morgan fingerprint density at radius 1 is 1.08 bits per heavy atom. The lowest BCUT2D eigenvalue weighted by Gasteiger charge is -2.10. The van der Waals surface area contributed by atoms with Crippen molar-refractivity contribution in [2.75, 3.05) is 0 Å². The fourth-order valence-corrected chi connectivity index (χ4v) is 2.11. The molecule has 0 aliphatic carbocycles. The van der Waals surface area contributed by atoms with Crippen LogP contribution >= 0.6 is 0 Å². The number of carbonyl (C=O) groups is 2. The zero-order chi connectivity index (χ0) is 18.2. The van der Waals surface area contributed by atoms with Crippen molar-refractivity contribution in [1.82, 2.24) is 10.6 Å². The van der Waals surface area contributed by atoms with Crippen LogP contribution < -0.4 is 10.6 Å². The van der Waals surface area contributed by atoms with Crippen molar-refractivity contribution < 1.29 is 18.7 Å². The molecule has 2 rings (SSSR count). The number of carbonyl (C=O) groups excluding carboxylic acids is 2. The van der Waals surface area contributed by atoms with E-state index < -0.39 is 5.97 Å². The third-order valence-electron chi connectivity index (χ3n) is 3.32. The molecule has 0 bridgehead atoms. The molecular weight excluding hydrogens is 323 g/mol. The quantitative estimate of drug-likeness (QED) is 0.790. The molecule has 0 aromatic heterocycles. The van der Waals surface area contributed by atoms with Crippen molar-refractivity contribution in [3.63, 3.8) is 0 Å². The molecule has 6 heteroatoms. The molecule has 2 N–H and O–H groups in total. The lowest BCUT2D eigenvalue weighted by Crippen LogP contribution is -2.39. The molecule has 2 aromatic carbocycles. The van der Waals surface area contributed by atoms with Crippen LogP contribution in [0.2, 0.25) is 0 Å². The van der Waals surface area contributed by atoms with E-state index in [4.69, 9.17) is 4.74 Å². The van der Waals surface area contributed by atoms with Crippen LogP contribution in [0.5, 0.6) is 0 Å². The number of hydrogen-bond donors (Lipinski definition) is 2. The Labute approximate surface area is 146 Å². The lowest BCUT2D eigenvalue weighted by atomic mass is 10.1. The Morgan fingerprint density at radius 3 is 2.44 bits per heavy atom. The van der Waals surface area contributed by atoms with Crippen molar-refractivity contribution in [1.29, 1.82) is 0 Å². The van der Waals surface area contributed by atoms with Crippen LogP contribution in [0.1, 0.15) is 35.3 Å². The Bertz CT molecular complexity index is 730. The number of hydrogen-bond acceptors (Lipinski definition) is 3. The number of halogens is 1. The molecule has 0 aliphatic rings. The predicted octanol–water partition coefficient (Wildman–Crippen LogP) is 3.39. The normalized spacial score (nSPS) is 10.4. The molecule has 0 radical (unpaired) electrons. The number of benzene rings is 2. The van der Waals surface area contributed by atoms with Gasteiger partial charge in [0.25, 0.3) is 0 Å². The number of rotatable bonds is 6. The fraction of sp³-hybridized carbons (Fsp3) is 0.263. The molecule has 0 fully saturated rings. The van der Waals surface area contributed by atoms with Gasteiger partial charge >= 0.3 is 12.0 Å². The van der Waals surface area contributed by atoms with Crippen molar-refractivity contribution in [3.05, 3.63) is 71.0 Å². The zero-order valence-corrected chi connectivity index (χ0v) is 14.2. The molecule has 25 heavy (non-hydrogen) atoms. The van der Waals surface area contributed by atoms with Crippen molar-refractivity contribution >= 4 is 12.0 Å². The summed E-state index contributed by atoms with van der Waals surface area (Å²) in [5, 5.41) is 5.46. The van der Waals surface area contributed by atoms with E-state index in [-0.39, 0.29) is 24.5 Å². The summed E-state index contributed by atoms with van der Waals surface area (Å²) in [5.41, 5.74) is 1.85. The SMILES string of the molecule is CC(C)NC(=O)NCc1ccc(C(=O)OCc2cccc(F)c2)cc1. The van der Waals surface area contributed by atoms with Crippen LogP contribution in [0.25, 0.3) is 0 Å². The van der Waals surface area contributed by atoms with Gasteiger partial charge in [0, 0.05) is 12.6 Å². The van der Waals surface area contributed by atoms with E-state index >= 15 is 0 Å². The van der Waals surface area contributed by atoms with Crippen LogP contribution in [-0.2, 0) is 17.9 Å². The van der Waals surface area contributed by atoms with E-state index in [2.05, 4.69) is 10.6 Å². The minimum atomic E-state index is -0.485. The highest BCUT2D eigenvalue weighted by Gasteiger charge is 2.08. The van der Waals surface area contributed by atoms with E-state index in [0.717, 1.165) is 5.56 Å². The molecule has 5 nitrogen and oxygen atoms in total. The highest BCUT2D eigenvalue weighted by atomic mass is 19.1. The number of nitrogens with one attached hydrogen (secondary N) is 2. The van der Waals surface area contributed by atoms with E-state index in [1.54, 1.807) is 36.4 Å². The van der Waals surface area contributed by atoms with Crippen LogP contribution in [0.3, 0.4) is 0 Å². The standard InChI is InChI=1S/C19H21FN2O3/c1-13(2)22-19(24)21-11-14-6-8-16(9-7-14)18(23)25-12-15-4-3-5-17(20)10-15/h3-10,13H,11-12H2,1-2H3,(H2,21,22,24). The maximum absolute atomic E-state index is 13.1. The molecule has 132 valence electrons. The summed E-state index contributed by atoms with van der Waals surface area (Å²) in [4.78, 5) is 23.5. The van der Waals surface area contributed by atoms with Gasteiger partial charge in [-0.2, -0.15) is 0 Å². The van der Waals surface area contributed by atoms with Gasteiger partial charge in [0.15, 0.2) is 0 Å². The fourth-order valence-electron chi connectivity index (χ4n) is 2.11. The Kier molecular flexibility index (Phi) is 6.51. The Morgan fingerprint density at radius 2 is 1.80 bits per heavy atom. The zero-order valence-electron chi connectivity index (χ0n) is 14.2. The smallest absolute Gasteiger partial charge is 0.338 e. The van der Waals surface area contributed by atoms with E-state index in [1.807, 2.05) is 13.8 Å². The van der Waals surface area contributed by atoms with Crippen LogP contribution in [0, 0.1) is 5.82 Å². The molecular formula is C19H21FN2O3. The molecule has 0 saturated heterocycles. The van der Waals surface area contributed by atoms with Gasteiger partial charge in [0.05, 0.1) is 5.56 Å². The van der Waals surface area contributed by atoms with Crippen molar-refractivity contribution in [2.24, 2.45) is 0 Å². The van der Waals surface area contributed by atoms with Gasteiger partial charge in [-0.05, 0) is 49.2 Å². The molecule has 0 heterocycles. The van der Waals surface area contributed by atoms with Gasteiger partial charge in [0.2, 0.25) is 0 Å². The summed E-state index contributed by atoms with van der Waals surface area (Å²) in [6.07, 6.45) is 0. The number of ether oxygens (including phenoxy) is 1. The van der Waals surface area contributed by atoms with Crippen molar-refractivity contribution in [2.45, 2.75) is 33.0 Å². The third-order valence-corrected chi connectivity index (χ3v) is 3.32. The average molecular weight is 344 g/mol. The first kappa shape index (κ1) is 18.4. The number of esters is 1. The maximum Gasteiger partial charge on any atom is 0.338 e. The topological polar surface area (TPSA) is 67.4 Å². The summed E-state index contributed by atoms with van der Waals surface area (Å²) in [6.45, 7) is 4.13. The summed E-state index contributed by atoms with van der Waals surface area (Å²) in [6, 6.07) is 12.5. The maximum atomic E-state index is 13.1. The highest BCUT2D eigenvalue weighted by molar-refractivity contribution is 5.89. The molecule has 0 aliphatic heterocycles. The molecule has 0 unspecified atom stereocenters. The Hall–Kier alpha value is -2.89. The molecule has 0 spiro atoms. The lowest BCUT2D eigenvalue weighted by molar-refractivity contribution is 0.0472. The second kappa shape index (κ2) is 8.82. The first-order valence-electron chi connectivity index (χ1n) is 7.99. The first-order valence-corrected chi connectivity index (χ1v) is 7.99. The summed E-state index contributed by atoms with van der Waals surface area (Å²) >= 11 is 0. The third kappa shape index (κ3) is 6.25. The van der Waals surface area contributed by atoms with E-state index in [1.165, 1.54) is 12.1 Å². The number of urea groups is 1. The van der Waals surface area contributed by atoms with E-state index in [9.17, 15) is 14.0 Å². The predicted molar refractivity (Wildman–Crippen MR) is 92.5 cm³/mol. The van der Waals surface area contributed by atoms with Crippen LogP contribution in [-0.4, -0.2) is 18.0 Å². The molecule has 2 amide bonds. The second-order valence-electron chi connectivity index (χ2n) is 5.88. The number of amides is 2. The molecule has 0 saturated carbocycles.